The van der Waals surface area contributed by atoms with E-state index in [2.05, 4.69) is 10.6 Å². The lowest BCUT2D eigenvalue weighted by molar-refractivity contribution is -0.122. The summed E-state index contributed by atoms with van der Waals surface area (Å²) in [5.74, 6) is 0.447. The number of hydrogen-bond acceptors (Lipinski definition) is 3. The number of nitrogens with one attached hydrogen (secondary N) is 2. The summed E-state index contributed by atoms with van der Waals surface area (Å²) in [5.41, 5.74) is 3.31. The molecule has 1 aromatic carbocycles. The van der Waals surface area contributed by atoms with Gasteiger partial charge in [0.05, 0.1) is 12.7 Å². The highest BCUT2D eigenvalue weighted by Gasteiger charge is 2.25. The van der Waals surface area contributed by atoms with Crippen molar-refractivity contribution in [1.82, 2.24) is 15.2 Å². The second kappa shape index (κ2) is 7.64. The zero-order chi connectivity index (χ0) is 18.7. The van der Waals surface area contributed by atoms with E-state index in [0.717, 1.165) is 35.7 Å². The van der Waals surface area contributed by atoms with E-state index in [1.54, 1.807) is 7.11 Å². The molecular formula is C20H25N3O3. The molecular weight excluding hydrogens is 330 g/mol. The molecule has 1 aliphatic heterocycles. The van der Waals surface area contributed by atoms with Gasteiger partial charge >= 0.3 is 0 Å². The van der Waals surface area contributed by atoms with Crippen LogP contribution in [0.3, 0.4) is 0 Å². The smallest absolute Gasteiger partial charge is 0.253 e. The number of methoxy groups -OCH3 is 1. The molecule has 2 aromatic rings. The first kappa shape index (κ1) is 18.0. The first-order valence-corrected chi connectivity index (χ1v) is 8.93. The Kier molecular flexibility index (Phi) is 5.30. The van der Waals surface area contributed by atoms with Gasteiger partial charge in [0.15, 0.2) is 0 Å². The number of hydrogen-bond donors (Lipinski definition) is 2. The van der Waals surface area contributed by atoms with Crippen molar-refractivity contribution in [3.05, 3.63) is 47.3 Å². The zero-order valence-corrected chi connectivity index (χ0v) is 15.5. The molecule has 1 atom stereocenters. The van der Waals surface area contributed by atoms with Gasteiger partial charge in [-0.15, -0.1) is 0 Å². The van der Waals surface area contributed by atoms with E-state index < -0.39 is 6.04 Å². The molecule has 0 saturated carbocycles. The maximum Gasteiger partial charge on any atom is 0.253 e. The number of amides is 2. The third-order valence-electron chi connectivity index (χ3n) is 4.83. The lowest BCUT2D eigenvalue weighted by Crippen LogP contribution is -2.45. The summed E-state index contributed by atoms with van der Waals surface area (Å²) >= 11 is 0. The van der Waals surface area contributed by atoms with Crippen LogP contribution in [0.15, 0.2) is 30.3 Å². The molecule has 2 amide bonds. The Balaban J connectivity index is 1.87. The van der Waals surface area contributed by atoms with Crippen LogP contribution in [0.5, 0.6) is 5.75 Å². The molecule has 1 unspecified atom stereocenters. The molecule has 1 aromatic heterocycles. The van der Waals surface area contributed by atoms with Gasteiger partial charge in [-0.05, 0) is 51.3 Å². The Bertz CT molecular complexity index is 826. The van der Waals surface area contributed by atoms with Crippen molar-refractivity contribution in [2.24, 2.45) is 0 Å². The highest BCUT2D eigenvalue weighted by atomic mass is 16.5. The van der Waals surface area contributed by atoms with Crippen LogP contribution in [0.4, 0.5) is 0 Å². The number of carbonyl (C=O) groups excluding carboxylic acids is 2. The largest absolute Gasteiger partial charge is 0.497 e. The average molecular weight is 355 g/mol. The van der Waals surface area contributed by atoms with Crippen molar-refractivity contribution < 1.29 is 14.3 Å². The summed E-state index contributed by atoms with van der Waals surface area (Å²) in [5, 5.41) is 5.74. The minimum atomic E-state index is -0.468. The Hall–Kier alpha value is -2.76. The summed E-state index contributed by atoms with van der Waals surface area (Å²) in [6, 6.07) is 9.10. The van der Waals surface area contributed by atoms with E-state index in [9.17, 15) is 9.59 Å². The van der Waals surface area contributed by atoms with Gasteiger partial charge in [-0.2, -0.15) is 0 Å². The van der Waals surface area contributed by atoms with Crippen LogP contribution < -0.4 is 15.4 Å². The summed E-state index contributed by atoms with van der Waals surface area (Å²) in [7, 11) is 1.63. The number of aromatic nitrogens is 1. The van der Waals surface area contributed by atoms with Crippen LogP contribution >= 0.6 is 0 Å². The van der Waals surface area contributed by atoms with Crippen LogP contribution in [0.2, 0.25) is 0 Å². The monoisotopic (exact) mass is 355 g/mol. The van der Waals surface area contributed by atoms with Gasteiger partial charge < -0.3 is 19.9 Å². The fourth-order valence-electron chi connectivity index (χ4n) is 3.45. The van der Waals surface area contributed by atoms with Crippen LogP contribution in [-0.4, -0.2) is 36.1 Å². The van der Waals surface area contributed by atoms with Crippen LogP contribution in [0.1, 0.15) is 41.0 Å². The Morgan fingerprint density at radius 1 is 1.27 bits per heavy atom. The number of ether oxygens (including phenoxy) is 1. The molecule has 1 fully saturated rings. The van der Waals surface area contributed by atoms with Crippen molar-refractivity contribution >= 4 is 11.8 Å². The van der Waals surface area contributed by atoms with Crippen LogP contribution in [0.25, 0.3) is 5.69 Å². The highest BCUT2D eigenvalue weighted by Crippen LogP contribution is 2.24. The number of benzene rings is 1. The van der Waals surface area contributed by atoms with Crippen molar-refractivity contribution in [3.63, 3.8) is 0 Å². The SMILES string of the molecule is COc1cccc(-n2c(C)cc(C(=O)NC3CCCCNC3=O)c2C)c1. The third-order valence-corrected chi connectivity index (χ3v) is 4.83. The van der Waals surface area contributed by atoms with Crippen LogP contribution in [-0.2, 0) is 4.79 Å². The molecule has 0 bridgehead atoms. The summed E-state index contributed by atoms with van der Waals surface area (Å²) in [6.07, 6.45) is 2.54. The van der Waals surface area contributed by atoms with Gasteiger partial charge in [0, 0.05) is 29.7 Å². The van der Waals surface area contributed by atoms with Crippen molar-refractivity contribution in [2.75, 3.05) is 13.7 Å². The molecule has 1 aliphatic rings. The standard InChI is InChI=1S/C20H25N3O3/c1-13-11-17(19(24)22-18-9-4-5-10-21-20(18)25)14(2)23(13)15-7-6-8-16(12-15)26-3/h6-8,11-12,18H,4-5,9-10H2,1-3H3,(H,21,25)(H,22,24). The number of carbonyl (C=O) groups is 2. The fourth-order valence-corrected chi connectivity index (χ4v) is 3.45. The zero-order valence-electron chi connectivity index (χ0n) is 15.5. The minimum absolute atomic E-state index is 0.0996. The van der Waals surface area contributed by atoms with Gasteiger partial charge in [-0.3, -0.25) is 9.59 Å². The molecule has 26 heavy (non-hydrogen) atoms. The van der Waals surface area contributed by atoms with E-state index in [0.29, 0.717) is 18.5 Å². The molecule has 1 saturated heterocycles. The van der Waals surface area contributed by atoms with E-state index in [1.807, 2.05) is 48.7 Å². The maximum absolute atomic E-state index is 12.8. The second-order valence-corrected chi connectivity index (χ2v) is 6.63. The normalized spacial score (nSPS) is 17.3. The van der Waals surface area contributed by atoms with E-state index >= 15 is 0 Å². The molecule has 138 valence electrons. The van der Waals surface area contributed by atoms with Gasteiger partial charge in [0.25, 0.3) is 5.91 Å². The summed E-state index contributed by atoms with van der Waals surface area (Å²) < 4.78 is 7.32. The predicted octanol–water partition coefficient (Wildman–Crippen LogP) is 2.50. The molecule has 2 heterocycles. The van der Waals surface area contributed by atoms with E-state index in [4.69, 9.17) is 4.74 Å². The number of nitrogens with zero attached hydrogens (tertiary/aromatic N) is 1. The lowest BCUT2D eigenvalue weighted by Gasteiger charge is -2.15. The number of rotatable bonds is 4. The first-order chi connectivity index (χ1) is 12.5. The van der Waals surface area contributed by atoms with Crippen molar-refractivity contribution in [2.45, 2.75) is 39.2 Å². The average Bonchev–Trinajstić information content (AvgIpc) is 2.79. The second-order valence-electron chi connectivity index (χ2n) is 6.63. The Labute approximate surface area is 153 Å². The lowest BCUT2D eigenvalue weighted by atomic mass is 10.1. The Morgan fingerprint density at radius 2 is 2.08 bits per heavy atom. The molecule has 0 aliphatic carbocycles. The topological polar surface area (TPSA) is 72.4 Å². The molecule has 6 heteroatoms. The third kappa shape index (κ3) is 3.59. The van der Waals surface area contributed by atoms with Crippen LogP contribution in [0, 0.1) is 13.8 Å². The maximum atomic E-state index is 12.8. The molecule has 0 radical (unpaired) electrons. The van der Waals surface area contributed by atoms with E-state index in [1.165, 1.54) is 0 Å². The summed E-state index contributed by atoms with van der Waals surface area (Å²) in [4.78, 5) is 24.9. The van der Waals surface area contributed by atoms with Crippen molar-refractivity contribution in [3.8, 4) is 11.4 Å². The number of aryl methyl sites for hydroxylation is 1. The quantitative estimate of drug-likeness (QED) is 0.885. The first-order valence-electron chi connectivity index (χ1n) is 8.93. The van der Waals surface area contributed by atoms with Gasteiger partial charge in [0.1, 0.15) is 11.8 Å². The predicted molar refractivity (Wildman–Crippen MR) is 99.9 cm³/mol. The van der Waals surface area contributed by atoms with Gasteiger partial charge in [-0.25, -0.2) is 0 Å². The van der Waals surface area contributed by atoms with Crippen molar-refractivity contribution in [1.29, 1.82) is 0 Å². The van der Waals surface area contributed by atoms with Gasteiger partial charge in [-0.1, -0.05) is 6.07 Å². The Morgan fingerprint density at radius 3 is 2.85 bits per heavy atom. The van der Waals surface area contributed by atoms with E-state index in [-0.39, 0.29) is 11.8 Å². The minimum Gasteiger partial charge on any atom is -0.497 e. The van der Waals surface area contributed by atoms with Gasteiger partial charge in [0.2, 0.25) is 5.91 Å². The summed E-state index contributed by atoms with van der Waals surface area (Å²) in [6.45, 7) is 4.55. The molecule has 6 nitrogen and oxygen atoms in total. The molecule has 2 N–H and O–H groups in total. The highest BCUT2D eigenvalue weighted by molar-refractivity contribution is 5.98. The fraction of sp³-hybridized carbons (Fsp3) is 0.400. The molecule has 3 rings (SSSR count). The molecule has 0 spiro atoms.